The Morgan fingerprint density at radius 3 is 2.04 bits per heavy atom. The van der Waals surface area contributed by atoms with Crippen molar-refractivity contribution in [2.75, 3.05) is 6.54 Å². The van der Waals surface area contributed by atoms with E-state index in [2.05, 4.69) is 5.32 Å². The molecule has 1 amide bonds. The van der Waals surface area contributed by atoms with Gasteiger partial charge in [0.1, 0.15) is 0 Å². The number of alkyl halides is 3. The van der Waals surface area contributed by atoms with Gasteiger partial charge in [-0.3, -0.25) is 4.79 Å². The Labute approximate surface area is 139 Å². The molecule has 0 aliphatic carbocycles. The SMILES string of the molecule is CC(C)(C(=O)NCCc1ccc(C(F)(F)F)cc1)c1ccccc1. The van der Waals surface area contributed by atoms with Crippen LogP contribution in [-0.2, 0) is 22.8 Å². The van der Waals surface area contributed by atoms with Crippen LogP contribution < -0.4 is 5.32 Å². The van der Waals surface area contributed by atoms with Gasteiger partial charge in [-0.05, 0) is 43.5 Å². The lowest BCUT2D eigenvalue weighted by Gasteiger charge is -2.24. The third-order valence-corrected chi connectivity index (χ3v) is 4.04. The van der Waals surface area contributed by atoms with Gasteiger partial charge >= 0.3 is 6.18 Å². The van der Waals surface area contributed by atoms with Gasteiger partial charge in [0.15, 0.2) is 0 Å². The molecular weight excluding hydrogens is 315 g/mol. The van der Waals surface area contributed by atoms with Crippen molar-refractivity contribution in [1.82, 2.24) is 5.32 Å². The summed E-state index contributed by atoms with van der Waals surface area (Å²) >= 11 is 0. The normalized spacial score (nSPS) is 12.0. The van der Waals surface area contributed by atoms with E-state index in [1.54, 1.807) is 0 Å². The van der Waals surface area contributed by atoms with Crippen LogP contribution in [0, 0.1) is 0 Å². The first-order valence-corrected chi connectivity index (χ1v) is 7.71. The first-order chi connectivity index (χ1) is 11.2. The Balaban J connectivity index is 1.91. The van der Waals surface area contributed by atoms with Gasteiger partial charge in [0.2, 0.25) is 5.91 Å². The van der Waals surface area contributed by atoms with E-state index in [9.17, 15) is 18.0 Å². The smallest absolute Gasteiger partial charge is 0.355 e. The predicted octanol–water partition coefficient (Wildman–Crippen LogP) is 4.34. The molecule has 2 rings (SSSR count). The molecule has 1 N–H and O–H groups in total. The fourth-order valence-corrected chi connectivity index (χ4v) is 2.39. The van der Waals surface area contributed by atoms with Crippen LogP contribution >= 0.6 is 0 Å². The number of nitrogens with one attached hydrogen (secondary N) is 1. The van der Waals surface area contributed by atoms with Crippen molar-refractivity contribution in [3.8, 4) is 0 Å². The standard InChI is InChI=1S/C19H20F3NO/c1-18(2,15-6-4-3-5-7-15)17(24)23-13-12-14-8-10-16(11-9-14)19(20,21)22/h3-11H,12-13H2,1-2H3,(H,23,24). The highest BCUT2D eigenvalue weighted by Gasteiger charge is 2.30. The minimum absolute atomic E-state index is 0.111. The van der Waals surface area contributed by atoms with Gasteiger partial charge in [-0.25, -0.2) is 0 Å². The monoisotopic (exact) mass is 335 g/mol. The summed E-state index contributed by atoms with van der Waals surface area (Å²) in [6.07, 6.45) is -3.85. The van der Waals surface area contributed by atoms with E-state index in [0.29, 0.717) is 13.0 Å². The van der Waals surface area contributed by atoms with Crippen molar-refractivity contribution in [1.29, 1.82) is 0 Å². The number of hydrogen-bond acceptors (Lipinski definition) is 1. The third kappa shape index (κ3) is 4.37. The van der Waals surface area contributed by atoms with E-state index in [-0.39, 0.29) is 5.91 Å². The van der Waals surface area contributed by atoms with Crippen LogP contribution in [0.1, 0.15) is 30.5 Å². The van der Waals surface area contributed by atoms with Gasteiger partial charge in [0.05, 0.1) is 11.0 Å². The van der Waals surface area contributed by atoms with Crippen LogP contribution in [0.2, 0.25) is 0 Å². The van der Waals surface area contributed by atoms with E-state index in [1.165, 1.54) is 12.1 Å². The molecule has 0 aliphatic heterocycles. The molecule has 0 heterocycles. The van der Waals surface area contributed by atoms with E-state index in [0.717, 1.165) is 23.3 Å². The highest BCUT2D eigenvalue weighted by molar-refractivity contribution is 5.87. The molecule has 0 aromatic heterocycles. The minimum Gasteiger partial charge on any atom is -0.355 e. The molecule has 0 fully saturated rings. The van der Waals surface area contributed by atoms with Gasteiger partial charge in [-0.2, -0.15) is 13.2 Å². The molecule has 2 nitrogen and oxygen atoms in total. The lowest BCUT2D eigenvalue weighted by atomic mass is 9.84. The van der Waals surface area contributed by atoms with Crippen molar-refractivity contribution in [2.45, 2.75) is 31.9 Å². The zero-order chi connectivity index (χ0) is 17.8. The molecule has 0 saturated heterocycles. The van der Waals surface area contributed by atoms with Crippen LogP contribution in [-0.4, -0.2) is 12.5 Å². The summed E-state index contributed by atoms with van der Waals surface area (Å²) in [5.41, 5.74) is 0.333. The molecule has 24 heavy (non-hydrogen) atoms. The molecule has 0 radical (unpaired) electrons. The lowest BCUT2D eigenvalue weighted by Crippen LogP contribution is -2.40. The largest absolute Gasteiger partial charge is 0.416 e. The summed E-state index contributed by atoms with van der Waals surface area (Å²) in [5, 5.41) is 2.85. The van der Waals surface area contributed by atoms with Crippen LogP contribution in [0.25, 0.3) is 0 Å². The highest BCUT2D eigenvalue weighted by atomic mass is 19.4. The van der Waals surface area contributed by atoms with Gasteiger partial charge < -0.3 is 5.32 Å². The average molecular weight is 335 g/mol. The van der Waals surface area contributed by atoms with E-state index < -0.39 is 17.2 Å². The average Bonchev–Trinajstić information content (AvgIpc) is 2.55. The number of hydrogen-bond donors (Lipinski definition) is 1. The molecule has 0 saturated carbocycles. The quantitative estimate of drug-likeness (QED) is 0.865. The molecule has 0 unspecified atom stereocenters. The summed E-state index contributed by atoms with van der Waals surface area (Å²) < 4.78 is 37.5. The van der Waals surface area contributed by atoms with Crippen LogP contribution in [0.3, 0.4) is 0 Å². The van der Waals surface area contributed by atoms with Crippen molar-refractivity contribution < 1.29 is 18.0 Å². The molecule has 128 valence electrons. The van der Waals surface area contributed by atoms with Gasteiger partial charge in [-0.1, -0.05) is 42.5 Å². The zero-order valence-electron chi connectivity index (χ0n) is 13.7. The number of benzene rings is 2. The molecule has 0 aliphatic rings. The molecule has 2 aromatic rings. The molecular formula is C19H20F3NO. The van der Waals surface area contributed by atoms with Crippen LogP contribution in [0.15, 0.2) is 54.6 Å². The Hall–Kier alpha value is -2.30. The number of amides is 1. The number of halogens is 3. The van der Waals surface area contributed by atoms with Gasteiger partial charge in [0.25, 0.3) is 0 Å². The summed E-state index contributed by atoms with van der Waals surface area (Å²) in [5.74, 6) is -0.111. The maximum atomic E-state index is 12.5. The predicted molar refractivity (Wildman–Crippen MR) is 87.6 cm³/mol. The van der Waals surface area contributed by atoms with Gasteiger partial charge in [0, 0.05) is 6.54 Å². The Bertz CT molecular complexity index is 676. The fraction of sp³-hybridized carbons (Fsp3) is 0.316. The molecule has 0 bridgehead atoms. The van der Waals surface area contributed by atoms with Crippen LogP contribution in [0.4, 0.5) is 13.2 Å². The maximum Gasteiger partial charge on any atom is 0.416 e. The summed E-state index contributed by atoms with van der Waals surface area (Å²) in [6.45, 7) is 4.06. The molecule has 5 heteroatoms. The first kappa shape index (κ1) is 18.0. The van der Waals surface area contributed by atoms with Crippen LogP contribution in [0.5, 0.6) is 0 Å². The van der Waals surface area contributed by atoms with E-state index in [1.807, 2.05) is 44.2 Å². The molecule has 2 aromatic carbocycles. The molecule has 0 atom stereocenters. The topological polar surface area (TPSA) is 29.1 Å². The fourth-order valence-electron chi connectivity index (χ4n) is 2.39. The minimum atomic E-state index is -4.33. The highest BCUT2D eigenvalue weighted by Crippen LogP contribution is 2.29. The number of carbonyl (C=O) groups excluding carboxylic acids is 1. The van der Waals surface area contributed by atoms with Crippen molar-refractivity contribution >= 4 is 5.91 Å². The maximum absolute atomic E-state index is 12.5. The Morgan fingerprint density at radius 2 is 1.50 bits per heavy atom. The summed E-state index contributed by atoms with van der Waals surface area (Å²) in [6, 6.07) is 14.5. The Kier molecular flexibility index (Phi) is 5.32. The van der Waals surface area contributed by atoms with E-state index in [4.69, 9.17) is 0 Å². The zero-order valence-corrected chi connectivity index (χ0v) is 13.7. The second kappa shape index (κ2) is 7.07. The number of rotatable bonds is 5. The summed E-state index contributed by atoms with van der Waals surface area (Å²) in [7, 11) is 0. The second-order valence-electron chi connectivity index (χ2n) is 6.19. The second-order valence-corrected chi connectivity index (χ2v) is 6.19. The van der Waals surface area contributed by atoms with Crippen molar-refractivity contribution in [3.05, 3.63) is 71.3 Å². The van der Waals surface area contributed by atoms with E-state index >= 15 is 0 Å². The molecule has 0 spiro atoms. The summed E-state index contributed by atoms with van der Waals surface area (Å²) in [4.78, 5) is 12.4. The van der Waals surface area contributed by atoms with Crippen molar-refractivity contribution in [3.63, 3.8) is 0 Å². The Morgan fingerprint density at radius 1 is 0.917 bits per heavy atom. The van der Waals surface area contributed by atoms with Gasteiger partial charge in [-0.15, -0.1) is 0 Å². The lowest BCUT2D eigenvalue weighted by molar-refractivity contribution is -0.137. The number of carbonyl (C=O) groups is 1. The first-order valence-electron chi connectivity index (χ1n) is 7.71. The van der Waals surface area contributed by atoms with Crippen molar-refractivity contribution in [2.24, 2.45) is 0 Å². The third-order valence-electron chi connectivity index (χ3n) is 4.04.